The van der Waals surface area contributed by atoms with E-state index in [1.165, 1.54) is 18.7 Å². The second-order valence-corrected chi connectivity index (χ2v) is 11.7. The number of nitrogens with one attached hydrogen (secondary N) is 1. The standard InChI is InChI=1S/C26H36N4O2S/c1-21-7-9-26(10-8-21)33(31,32)27-18-25-17-22-11-12-30(25)20-23(22)19-28-13-15-29(16-14-28)24-5-3-2-4-6-24/h2-10,22-23,25,27H,11-20H2,1H3/t22-,23+,25-/m1/s1. The largest absolute Gasteiger partial charge is 0.369 e. The van der Waals surface area contributed by atoms with Gasteiger partial charge in [0.05, 0.1) is 4.90 Å². The van der Waals surface area contributed by atoms with Gasteiger partial charge < -0.3 is 4.90 Å². The zero-order chi connectivity index (χ0) is 22.8. The summed E-state index contributed by atoms with van der Waals surface area (Å²) in [6.07, 6.45) is 2.35. The Kier molecular flexibility index (Phi) is 6.74. The van der Waals surface area contributed by atoms with E-state index in [4.69, 9.17) is 0 Å². The lowest BCUT2D eigenvalue weighted by Crippen LogP contribution is -2.59. The molecule has 1 unspecified atom stereocenters. The van der Waals surface area contributed by atoms with Gasteiger partial charge in [-0.25, -0.2) is 13.1 Å². The van der Waals surface area contributed by atoms with Gasteiger partial charge >= 0.3 is 0 Å². The molecule has 0 aromatic heterocycles. The van der Waals surface area contributed by atoms with Crippen LogP contribution in [0.2, 0.25) is 0 Å². The van der Waals surface area contributed by atoms with Crippen LogP contribution in [0, 0.1) is 18.8 Å². The number of aryl methyl sites for hydroxylation is 1. The molecule has 4 heterocycles. The smallest absolute Gasteiger partial charge is 0.240 e. The summed E-state index contributed by atoms with van der Waals surface area (Å²) in [6.45, 7) is 10.3. The fourth-order valence-electron chi connectivity index (χ4n) is 5.83. The third kappa shape index (κ3) is 5.27. The van der Waals surface area contributed by atoms with Crippen molar-refractivity contribution in [1.82, 2.24) is 14.5 Å². The first-order valence-corrected chi connectivity index (χ1v) is 13.8. The molecule has 0 radical (unpaired) electrons. The van der Waals surface area contributed by atoms with Gasteiger partial charge in [0.1, 0.15) is 0 Å². The SMILES string of the molecule is Cc1ccc(S(=O)(=O)NC[C@H]2C[C@H]3CCN2C[C@@H]3CN2CCN(c3ccccc3)CC2)cc1. The minimum atomic E-state index is -3.45. The number of hydrogen-bond donors (Lipinski definition) is 1. The molecule has 4 aliphatic rings. The van der Waals surface area contributed by atoms with Gasteiger partial charge in [-0.05, 0) is 62.4 Å². The topological polar surface area (TPSA) is 55.9 Å². The van der Waals surface area contributed by atoms with Gasteiger partial charge in [-0.15, -0.1) is 0 Å². The average Bonchev–Trinajstić information content (AvgIpc) is 2.85. The van der Waals surface area contributed by atoms with Crippen LogP contribution < -0.4 is 9.62 Å². The van der Waals surface area contributed by atoms with Crippen LogP contribution >= 0.6 is 0 Å². The molecule has 0 amide bonds. The van der Waals surface area contributed by atoms with Crippen molar-refractivity contribution >= 4 is 15.7 Å². The second-order valence-electron chi connectivity index (χ2n) is 9.98. The summed E-state index contributed by atoms with van der Waals surface area (Å²) in [5.41, 5.74) is 2.40. The third-order valence-electron chi connectivity index (χ3n) is 7.84. The van der Waals surface area contributed by atoms with Crippen molar-refractivity contribution in [3.05, 3.63) is 60.2 Å². The van der Waals surface area contributed by atoms with Crippen LogP contribution in [-0.4, -0.2) is 76.6 Å². The monoisotopic (exact) mass is 468 g/mol. The Balaban J connectivity index is 1.11. The molecular formula is C26H36N4O2S. The van der Waals surface area contributed by atoms with Gasteiger partial charge in [0.25, 0.3) is 0 Å². The van der Waals surface area contributed by atoms with E-state index >= 15 is 0 Å². The minimum Gasteiger partial charge on any atom is -0.369 e. The first-order valence-electron chi connectivity index (χ1n) is 12.3. The Morgan fingerprint density at radius 2 is 1.67 bits per heavy atom. The van der Waals surface area contributed by atoms with E-state index in [1.807, 2.05) is 19.1 Å². The number of fused-ring (bicyclic) bond motifs is 3. The fraction of sp³-hybridized carbons (Fsp3) is 0.538. The molecule has 4 saturated heterocycles. The van der Waals surface area contributed by atoms with Crippen molar-refractivity contribution in [1.29, 1.82) is 0 Å². The fourth-order valence-corrected chi connectivity index (χ4v) is 6.91. The van der Waals surface area contributed by atoms with Gasteiger partial charge in [0, 0.05) is 57.5 Å². The third-order valence-corrected chi connectivity index (χ3v) is 9.28. The molecular weight excluding hydrogens is 432 g/mol. The van der Waals surface area contributed by atoms with Crippen LogP contribution in [0.3, 0.4) is 0 Å². The van der Waals surface area contributed by atoms with Gasteiger partial charge in [-0.3, -0.25) is 9.80 Å². The molecule has 2 aromatic carbocycles. The molecule has 0 aliphatic carbocycles. The lowest BCUT2D eigenvalue weighted by Gasteiger charge is -2.51. The molecule has 0 saturated carbocycles. The summed E-state index contributed by atoms with van der Waals surface area (Å²) < 4.78 is 28.3. The van der Waals surface area contributed by atoms with Crippen molar-refractivity contribution < 1.29 is 8.42 Å². The first kappa shape index (κ1) is 22.8. The van der Waals surface area contributed by atoms with Gasteiger partial charge in [-0.2, -0.15) is 0 Å². The summed E-state index contributed by atoms with van der Waals surface area (Å²) in [5.74, 6) is 1.41. The number of nitrogens with zero attached hydrogens (tertiary/aromatic N) is 3. The maximum absolute atomic E-state index is 12.7. The van der Waals surface area contributed by atoms with Crippen molar-refractivity contribution in [2.75, 3.05) is 57.3 Å². The number of piperidine rings is 3. The van der Waals surface area contributed by atoms with E-state index < -0.39 is 10.0 Å². The predicted octanol–water partition coefficient (Wildman–Crippen LogP) is 2.81. The summed E-state index contributed by atoms with van der Waals surface area (Å²) >= 11 is 0. The quantitative estimate of drug-likeness (QED) is 0.677. The Bertz CT molecular complexity index is 1020. The highest BCUT2D eigenvalue weighted by Gasteiger charge is 2.41. The Morgan fingerprint density at radius 3 is 2.33 bits per heavy atom. The van der Waals surface area contributed by atoms with E-state index in [0.717, 1.165) is 51.3 Å². The van der Waals surface area contributed by atoms with E-state index in [2.05, 4.69) is 49.8 Å². The molecule has 1 N–H and O–H groups in total. The van der Waals surface area contributed by atoms with E-state index in [1.54, 1.807) is 12.1 Å². The van der Waals surface area contributed by atoms with Crippen molar-refractivity contribution in [2.24, 2.45) is 11.8 Å². The van der Waals surface area contributed by atoms with Crippen LogP contribution in [0.5, 0.6) is 0 Å². The highest BCUT2D eigenvalue weighted by Crippen LogP contribution is 2.36. The zero-order valence-electron chi connectivity index (χ0n) is 19.6. The van der Waals surface area contributed by atoms with Crippen LogP contribution in [0.4, 0.5) is 5.69 Å². The van der Waals surface area contributed by atoms with Gasteiger partial charge in [0.15, 0.2) is 0 Å². The predicted molar refractivity (Wildman–Crippen MR) is 133 cm³/mol. The van der Waals surface area contributed by atoms with Crippen molar-refractivity contribution in [2.45, 2.75) is 30.7 Å². The van der Waals surface area contributed by atoms with E-state index in [-0.39, 0.29) is 0 Å². The number of anilines is 1. The summed E-state index contributed by atoms with van der Waals surface area (Å²) in [7, 11) is -3.45. The zero-order valence-corrected chi connectivity index (χ0v) is 20.4. The summed E-state index contributed by atoms with van der Waals surface area (Å²) in [5, 5.41) is 0. The molecule has 2 bridgehead atoms. The van der Waals surface area contributed by atoms with E-state index in [9.17, 15) is 8.42 Å². The van der Waals surface area contributed by atoms with Crippen LogP contribution in [0.25, 0.3) is 0 Å². The molecule has 4 fully saturated rings. The molecule has 2 aromatic rings. The summed E-state index contributed by atoms with van der Waals surface area (Å²) in [4.78, 5) is 8.02. The molecule has 4 atom stereocenters. The van der Waals surface area contributed by atoms with Gasteiger partial charge in [0.2, 0.25) is 10.0 Å². The maximum Gasteiger partial charge on any atom is 0.240 e. The Hall–Kier alpha value is -1.93. The lowest BCUT2D eigenvalue weighted by atomic mass is 9.75. The number of rotatable bonds is 7. The average molecular weight is 469 g/mol. The minimum absolute atomic E-state index is 0.315. The molecule has 6 rings (SSSR count). The highest BCUT2D eigenvalue weighted by molar-refractivity contribution is 7.89. The highest BCUT2D eigenvalue weighted by atomic mass is 32.2. The van der Waals surface area contributed by atoms with Crippen LogP contribution in [0.1, 0.15) is 18.4 Å². The summed E-state index contributed by atoms with van der Waals surface area (Å²) in [6, 6.07) is 18.1. The van der Waals surface area contributed by atoms with Crippen LogP contribution in [-0.2, 0) is 10.0 Å². The molecule has 7 heteroatoms. The van der Waals surface area contributed by atoms with Crippen molar-refractivity contribution in [3.8, 4) is 0 Å². The molecule has 6 nitrogen and oxygen atoms in total. The van der Waals surface area contributed by atoms with Gasteiger partial charge in [-0.1, -0.05) is 35.9 Å². The number of para-hydroxylation sites is 1. The Labute approximate surface area is 198 Å². The molecule has 0 spiro atoms. The molecule has 4 aliphatic heterocycles. The molecule has 33 heavy (non-hydrogen) atoms. The van der Waals surface area contributed by atoms with E-state index in [0.29, 0.717) is 29.3 Å². The van der Waals surface area contributed by atoms with Crippen molar-refractivity contribution in [3.63, 3.8) is 0 Å². The lowest BCUT2D eigenvalue weighted by molar-refractivity contribution is -0.0107. The normalized spacial score (nSPS) is 28.2. The number of hydrogen-bond acceptors (Lipinski definition) is 5. The number of sulfonamides is 1. The second kappa shape index (κ2) is 9.74. The maximum atomic E-state index is 12.7. The van der Waals surface area contributed by atoms with Crippen LogP contribution in [0.15, 0.2) is 59.5 Å². The molecule has 178 valence electrons. The number of piperazine rings is 1. The number of benzene rings is 2. The first-order chi connectivity index (χ1) is 16.0. The Morgan fingerprint density at radius 1 is 0.939 bits per heavy atom.